The standard InChI is InChI=1S/C14H19N3OS.ClH/c1-8(2)7-10(15)13(18)17-14-16-12-9(3)5-4-6-11(12)19-14;/h4-6,8,10H,7,15H2,1-3H3,(H,16,17,18);1H/t10-;/m0./s1. The molecule has 1 aromatic heterocycles. The van der Waals surface area contributed by atoms with Crippen LogP contribution in [0.2, 0.25) is 0 Å². The summed E-state index contributed by atoms with van der Waals surface area (Å²) in [7, 11) is 0. The van der Waals surface area contributed by atoms with Gasteiger partial charge in [-0.1, -0.05) is 37.3 Å². The fraction of sp³-hybridized carbons (Fsp3) is 0.429. The minimum Gasteiger partial charge on any atom is -0.320 e. The van der Waals surface area contributed by atoms with Gasteiger partial charge in [-0.15, -0.1) is 12.4 Å². The quantitative estimate of drug-likeness (QED) is 0.909. The zero-order valence-corrected chi connectivity index (χ0v) is 13.5. The van der Waals surface area contributed by atoms with Crippen LogP contribution in [0.25, 0.3) is 10.2 Å². The first-order valence-electron chi connectivity index (χ1n) is 6.40. The van der Waals surface area contributed by atoms with E-state index in [1.807, 2.05) is 39.0 Å². The minimum absolute atomic E-state index is 0. The summed E-state index contributed by atoms with van der Waals surface area (Å²) < 4.78 is 1.08. The molecule has 0 unspecified atom stereocenters. The van der Waals surface area contributed by atoms with E-state index >= 15 is 0 Å². The number of amides is 1. The summed E-state index contributed by atoms with van der Waals surface area (Å²) >= 11 is 1.48. The number of rotatable bonds is 4. The Bertz CT molecular complexity index is 597. The molecule has 0 bridgehead atoms. The van der Waals surface area contributed by atoms with Gasteiger partial charge in [-0.3, -0.25) is 4.79 Å². The molecule has 0 saturated carbocycles. The number of fused-ring (bicyclic) bond motifs is 1. The van der Waals surface area contributed by atoms with Gasteiger partial charge in [-0.25, -0.2) is 4.98 Å². The third-order valence-corrected chi connectivity index (χ3v) is 3.85. The number of carbonyl (C=O) groups is 1. The van der Waals surface area contributed by atoms with Crippen molar-refractivity contribution in [1.82, 2.24) is 4.98 Å². The first-order valence-corrected chi connectivity index (χ1v) is 7.21. The molecule has 1 atom stereocenters. The second-order valence-electron chi connectivity index (χ2n) is 5.17. The second-order valence-corrected chi connectivity index (χ2v) is 6.20. The molecule has 1 amide bonds. The average Bonchev–Trinajstić information content (AvgIpc) is 2.72. The molecule has 110 valence electrons. The number of nitrogens with zero attached hydrogens (tertiary/aromatic N) is 1. The first-order chi connectivity index (χ1) is 8.97. The molecule has 20 heavy (non-hydrogen) atoms. The van der Waals surface area contributed by atoms with Gasteiger partial charge in [0.1, 0.15) is 0 Å². The molecular formula is C14H20ClN3OS. The fourth-order valence-corrected chi connectivity index (χ4v) is 2.90. The van der Waals surface area contributed by atoms with E-state index in [1.54, 1.807) is 0 Å². The van der Waals surface area contributed by atoms with Crippen molar-refractivity contribution in [2.24, 2.45) is 11.7 Å². The Hall–Kier alpha value is -1.17. The average molecular weight is 314 g/mol. The van der Waals surface area contributed by atoms with Crippen LogP contribution in [0.5, 0.6) is 0 Å². The van der Waals surface area contributed by atoms with Gasteiger partial charge in [0.05, 0.1) is 16.3 Å². The van der Waals surface area contributed by atoms with Crippen LogP contribution >= 0.6 is 23.7 Å². The Kier molecular flexibility index (Phi) is 5.92. The summed E-state index contributed by atoms with van der Waals surface area (Å²) in [6.07, 6.45) is 0.676. The molecule has 6 heteroatoms. The number of thiazole rings is 1. The molecule has 0 spiro atoms. The molecule has 2 rings (SSSR count). The van der Waals surface area contributed by atoms with Gasteiger partial charge in [0.15, 0.2) is 5.13 Å². The number of anilines is 1. The predicted octanol–water partition coefficient (Wildman–Crippen LogP) is 3.34. The van der Waals surface area contributed by atoms with E-state index in [0.717, 1.165) is 15.8 Å². The van der Waals surface area contributed by atoms with Crippen molar-refractivity contribution in [2.45, 2.75) is 33.2 Å². The van der Waals surface area contributed by atoms with Crippen LogP contribution in [0.4, 0.5) is 5.13 Å². The monoisotopic (exact) mass is 313 g/mol. The van der Waals surface area contributed by atoms with Crippen LogP contribution in [-0.2, 0) is 4.79 Å². The second kappa shape index (κ2) is 7.02. The maximum Gasteiger partial charge on any atom is 0.243 e. The number of aryl methyl sites for hydroxylation is 1. The van der Waals surface area contributed by atoms with Gasteiger partial charge in [-0.05, 0) is 30.9 Å². The van der Waals surface area contributed by atoms with Crippen LogP contribution in [-0.4, -0.2) is 16.9 Å². The lowest BCUT2D eigenvalue weighted by atomic mass is 10.0. The highest BCUT2D eigenvalue weighted by Crippen LogP contribution is 2.27. The molecule has 0 radical (unpaired) electrons. The van der Waals surface area contributed by atoms with Crippen molar-refractivity contribution in [3.8, 4) is 0 Å². The third kappa shape index (κ3) is 3.91. The van der Waals surface area contributed by atoms with Crippen LogP contribution in [0.3, 0.4) is 0 Å². The summed E-state index contributed by atoms with van der Waals surface area (Å²) in [4.78, 5) is 16.4. The number of carbonyl (C=O) groups excluding carboxylic acids is 1. The van der Waals surface area contributed by atoms with Gasteiger partial charge in [0.25, 0.3) is 0 Å². The van der Waals surface area contributed by atoms with E-state index in [1.165, 1.54) is 11.3 Å². The lowest BCUT2D eigenvalue weighted by molar-refractivity contribution is -0.117. The Morgan fingerprint density at radius 2 is 2.15 bits per heavy atom. The molecule has 0 saturated heterocycles. The summed E-state index contributed by atoms with van der Waals surface area (Å²) in [5.41, 5.74) is 7.91. The van der Waals surface area contributed by atoms with Crippen molar-refractivity contribution in [3.05, 3.63) is 23.8 Å². The van der Waals surface area contributed by atoms with Crippen LogP contribution in [0.15, 0.2) is 18.2 Å². The molecule has 3 N–H and O–H groups in total. The van der Waals surface area contributed by atoms with Gasteiger partial charge >= 0.3 is 0 Å². The number of halogens is 1. The molecule has 0 aliphatic rings. The molecular weight excluding hydrogens is 294 g/mol. The zero-order chi connectivity index (χ0) is 14.0. The lowest BCUT2D eigenvalue weighted by Crippen LogP contribution is -2.36. The molecule has 0 fully saturated rings. The van der Waals surface area contributed by atoms with Gasteiger partial charge in [0, 0.05) is 0 Å². The molecule has 0 aliphatic heterocycles. The van der Waals surface area contributed by atoms with E-state index in [2.05, 4.69) is 10.3 Å². The van der Waals surface area contributed by atoms with E-state index in [0.29, 0.717) is 17.5 Å². The minimum atomic E-state index is -0.479. The number of para-hydroxylation sites is 1. The maximum atomic E-state index is 11.9. The van der Waals surface area contributed by atoms with Crippen molar-refractivity contribution < 1.29 is 4.79 Å². The van der Waals surface area contributed by atoms with E-state index in [4.69, 9.17) is 5.73 Å². The molecule has 2 aromatic rings. The SMILES string of the molecule is Cc1cccc2sc(NC(=O)[C@@H](N)CC(C)C)nc12.Cl. The highest BCUT2D eigenvalue weighted by Gasteiger charge is 2.16. The number of nitrogens with one attached hydrogen (secondary N) is 1. The van der Waals surface area contributed by atoms with Crippen molar-refractivity contribution in [3.63, 3.8) is 0 Å². The summed E-state index contributed by atoms with van der Waals surface area (Å²) in [5.74, 6) is 0.240. The molecule has 0 aliphatic carbocycles. The molecule has 1 heterocycles. The van der Waals surface area contributed by atoms with Crippen molar-refractivity contribution >= 4 is 45.0 Å². The van der Waals surface area contributed by atoms with Gasteiger partial charge in [0.2, 0.25) is 5.91 Å². The number of hydrogen-bond donors (Lipinski definition) is 2. The van der Waals surface area contributed by atoms with Crippen molar-refractivity contribution in [2.75, 3.05) is 5.32 Å². The largest absolute Gasteiger partial charge is 0.320 e. The number of hydrogen-bond acceptors (Lipinski definition) is 4. The van der Waals surface area contributed by atoms with Gasteiger partial charge < -0.3 is 11.1 Å². The smallest absolute Gasteiger partial charge is 0.243 e. The molecule has 4 nitrogen and oxygen atoms in total. The van der Waals surface area contributed by atoms with Crippen LogP contribution in [0.1, 0.15) is 25.8 Å². The Morgan fingerprint density at radius 1 is 1.45 bits per heavy atom. The number of aromatic nitrogens is 1. The zero-order valence-electron chi connectivity index (χ0n) is 11.8. The summed E-state index contributed by atoms with van der Waals surface area (Å²) in [6.45, 7) is 6.11. The highest BCUT2D eigenvalue weighted by molar-refractivity contribution is 7.22. The van der Waals surface area contributed by atoms with E-state index < -0.39 is 6.04 Å². The summed E-state index contributed by atoms with van der Waals surface area (Å²) in [6, 6.07) is 5.53. The lowest BCUT2D eigenvalue weighted by Gasteiger charge is -2.12. The number of benzene rings is 1. The van der Waals surface area contributed by atoms with Gasteiger partial charge in [-0.2, -0.15) is 0 Å². The normalized spacial score (nSPS) is 12.2. The Morgan fingerprint density at radius 3 is 2.75 bits per heavy atom. The Labute approximate surface area is 129 Å². The van der Waals surface area contributed by atoms with E-state index in [-0.39, 0.29) is 18.3 Å². The van der Waals surface area contributed by atoms with Crippen LogP contribution in [0, 0.1) is 12.8 Å². The maximum absolute atomic E-state index is 11.9. The van der Waals surface area contributed by atoms with Crippen LogP contribution < -0.4 is 11.1 Å². The number of nitrogens with two attached hydrogens (primary N) is 1. The third-order valence-electron chi connectivity index (χ3n) is 2.91. The molecule has 1 aromatic carbocycles. The van der Waals surface area contributed by atoms with E-state index in [9.17, 15) is 4.79 Å². The predicted molar refractivity (Wildman–Crippen MR) is 87.7 cm³/mol. The first kappa shape index (κ1) is 16.9. The fourth-order valence-electron chi connectivity index (χ4n) is 1.95. The Balaban J connectivity index is 0.00000200. The topological polar surface area (TPSA) is 68.0 Å². The van der Waals surface area contributed by atoms with Crippen molar-refractivity contribution in [1.29, 1.82) is 0 Å². The highest BCUT2D eigenvalue weighted by atomic mass is 35.5. The summed E-state index contributed by atoms with van der Waals surface area (Å²) in [5, 5.41) is 3.43.